The van der Waals surface area contributed by atoms with Crippen molar-refractivity contribution in [1.29, 1.82) is 0 Å². The Balaban J connectivity index is 2.05. The first kappa shape index (κ1) is 96.0. The van der Waals surface area contributed by atoms with E-state index in [1.807, 2.05) is 0 Å². The molecule has 0 bridgehead atoms. The molecule has 1 aliphatic heterocycles. The average molecular weight is 1620 g/mol. The van der Waals surface area contributed by atoms with Crippen molar-refractivity contribution in [3.8, 4) is 0 Å². The third-order valence-electron chi connectivity index (χ3n) is 19.0. The zero-order valence-electron chi connectivity index (χ0n) is 66.2. The number of amides is 13. The molecule has 4 rings (SSSR count). The Bertz CT molecular complexity index is 3900. The summed E-state index contributed by atoms with van der Waals surface area (Å²) in [7, 11) is 1.20. The maximum atomic E-state index is 15.4. The van der Waals surface area contributed by atoms with Gasteiger partial charge < -0.3 is 117 Å². The van der Waals surface area contributed by atoms with E-state index in [1.165, 1.54) is 20.2 Å². The normalized spacial score (nSPS) is 23.5. The van der Waals surface area contributed by atoms with Gasteiger partial charge >= 0.3 is 11.9 Å². The summed E-state index contributed by atoms with van der Waals surface area (Å²) in [5, 5.41) is 90.1. The fourth-order valence-corrected chi connectivity index (χ4v) is 12.6. The maximum Gasteiger partial charge on any atom is 0.303 e. The molecule has 115 heavy (non-hydrogen) atoms. The van der Waals surface area contributed by atoms with E-state index in [4.69, 9.17) is 22.9 Å². The van der Waals surface area contributed by atoms with Gasteiger partial charge in [0.25, 0.3) is 5.91 Å². The Morgan fingerprint density at radius 3 is 1.49 bits per heavy atom. The lowest BCUT2D eigenvalue weighted by atomic mass is 9.96. The standard InChI is InChI=1S/C75H115N19O21/c1-10-40(6)60-71(113)92-61(41(7)96)73(115)94(56(99)34-45(98)30-38(2)3)62(42(8)97)72(114)87-49(23-17-29-81-75(78)79)65(107)90-54(37-95)63(105)83-36-57(100)93(9)55(32-43-18-12-11-13-19-43)70(112)89-52(31-39(4)5)68(110)84-48(22-16-28-80-74(76)77)64(106)85-50(24-26-58(101)102)66(108)86-51(25-27-59(103)104)67(109)88-53(69(111)91-60)33-44-35-82-47-21-15-14-20-46(44)47/h11-15,18-21,35,38-42,45,48-55,60-62,82,95-98H,10,16-17,22-34,36-37H2,1-9H3,(H,83,105)(H,84,110)(H,85,106)(H,86,108)(H,87,114)(H,88,109)(H,89,112)(H,90,107)(H,91,111)(H,92,113)(H,101,102)(H,103,104)(H4,76,77,80)(H4,78,79,81)/t40-,41+,42+,45+,48+,49+,50-,51+,52-,53+,54-,55+,60-,61-,62-/m0/s1. The number of aromatic nitrogens is 1. The number of hydrogen-bond donors (Lipinski definition) is 21. The number of aliphatic hydroxyl groups excluding tert-OH is 4. The van der Waals surface area contributed by atoms with Gasteiger partial charge in [0.05, 0.1) is 37.9 Å². The van der Waals surface area contributed by atoms with Crippen molar-refractivity contribution in [2.75, 3.05) is 33.3 Å². The summed E-state index contributed by atoms with van der Waals surface area (Å²) < 4.78 is 0. The van der Waals surface area contributed by atoms with Crippen molar-refractivity contribution >= 4 is 112 Å². The number of carbonyl (C=O) groups excluding carboxylic acids is 13. The van der Waals surface area contributed by atoms with Gasteiger partial charge in [0.2, 0.25) is 70.9 Å². The number of guanidine groups is 2. The molecular weight excluding hydrogens is 1500 g/mol. The molecule has 40 heteroatoms. The second-order valence-electron chi connectivity index (χ2n) is 29.4. The Morgan fingerprint density at radius 1 is 0.530 bits per heavy atom. The van der Waals surface area contributed by atoms with Crippen molar-refractivity contribution in [2.45, 2.75) is 230 Å². The lowest BCUT2D eigenvalue weighted by Crippen LogP contribution is -2.66. The quantitative estimate of drug-likeness (QED) is 0.0177. The molecule has 0 aliphatic carbocycles. The van der Waals surface area contributed by atoms with Crippen LogP contribution in [0.2, 0.25) is 0 Å². The molecule has 0 radical (unpaired) electrons. The number of likely N-dealkylation sites (N-methyl/N-ethyl adjacent to an activating group) is 1. The number of carboxylic acids is 2. The summed E-state index contributed by atoms with van der Waals surface area (Å²) in [5.74, 6) is -21.1. The largest absolute Gasteiger partial charge is 0.481 e. The number of H-pyrrole nitrogens is 1. The molecule has 25 N–H and O–H groups in total. The van der Waals surface area contributed by atoms with E-state index >= 15 is 19.2 Å². The van der Waals surface area contributed by atoms with Gasteiger partial charge in [-0.15, -0.1) is 0 Å². The predicted molar refractivity (Wildman–Crippen MR) is 418 cm³/mol. The minimum Gasteiger partial charge on any atom is -0.481 e. The van der Waals surface area contributed by atoms with Crippen LogP contribution in [0.1, 0.15) is 144 Å². The molecule has 15 atom stereocenters. The number of aromatic amines is 1. The van der Waals surface area contributed by atoms with E-state index < -0.39 is 243 Å². The second-order valence-corrected chi connectivity index (χ2v) is 29.4. The summed E-state index contributed by atoms with van der Waals surface area (Å²) >= 11 is 0. The summed E-state index contributed by atoms with van der Waals surface area (Å²) in [6, 6.07) is -5.64. The first-order valence-corrected chi connectivity index (χ1v) is 38.1. The van der Waals surface area contributed by atoms with Gasteiger partial charge in [-0.2, -0.15) is 0 Å². The monoisotopic (exact) mass is 1620 g/mol. The molecule has 0 saturated carbocycles. The van der Waals surface area contributed by atoms with Gasteiger partial charge in [0, 0.05) is 62.9 Å². The zero-order valence-corrected chi connectivity index (χ0v) is 66.2. The summed E-state index contributed by atoms with van der Waals surface area (Å²) in [4.78, 5) is 229. The first-order chi connectivity index (χ1) is 54.2. The third kappa shape index (κ3) is 31.5. The maximum absolute atomic E-state index is 15.4. The lowest BCUT2D eigenvalue weighted by Gasteiger charge is -2.36. The van der Waals surface area contributed by atoms with Crippen molar-refractivity contribution in [3.05, 3.63) is 71.9 Å². The SMILES string of the molecule is CC[C@H](C)[C@@H]1NC(=O)[C@@H](Cc2c[nH]c3ccccc23)NC(=O)[C@@H](CCC(=O)O)NC(=O)[C@H](CCC(=O)O)NC(=O)[C@@H](CCCN=C(N)N)NC(=O)[C@H](CC(C)C)NC(=O)[C@@H](Cc2ccccc2)N(C)C(=O)CNC(=O)[C@H](CO)NC(=O)[C@@H](CCCN=C(N)N)NC(=O)[C@H]([C@@H](C)O)N(C(=O)C[C@H](O)CC(C)C)C(=O)[C@H]([C@@H](C)O)NC1=O. The molecule has 0 spiro atoms. The fraction of sp³-hybridized carbons (Fsp3) is 0.587. The molecule has 1 aliphatic rings. The number of nitrogens with zero attached hydrogens (tertiary/aromatic N) is 4. The minimum atomic E-state index is -2.41. The van der Waals surface area contributed by atoms with E-state index in [0.717, 1.165) is 18.7 Å². The predicted octanol–water partition coefficient (Wildman–Crippen LogP) is -4.52. The van der Waals surface area contributed by atoms with Gasteiger partial charge in [0.1, 0.15) is 66.5 Å². The van der Waals surface area contributed by atoms with Crippen LogP contribution < -0.4 is 76.1 Å². The molecule has 2 heterocycles. The molecule has 1 aromatic heterocycles. The van der Waals surface area contributed by atoms with Gasteiger partial charge in [-0.25, -0.2) is 0 Å². The average Bonchev–Trinajstić information content (AvgIpc) is 1.05. The molecule has 1 fully saturated rings. The number of fused-ring (bicyclic) bond motifs is 1. The van der Waals surface area contributed by atoms with Crippen molar-refractivity contribution in [2.24, 2.45) is 50.7 Å². The number of hydrogen-bond acceptors (Lipinski definition) is 21. The van der Waals surface area contributed by atoms with Gasteiger partial charge in [-0.05, 0) is 100 Å². The van der Waals surface area contributed by atoms with Crippen LogP contribution in [-0.2, 0) is 84.8 Å². The van der Waals surface area contributed by atoms with Crippen LogP contribution in [0.4, 0.5) is 0 Å². The summed E-state index contributed by atoms with van der Waals surface area (Å²) in [6.07, 6.45) is -9.92. The molecular formula is C75H115N19O21. The number of imide groups is 1. The molecule has 1 saturated heterocycles. The number of nitrogens with two attached hydrogens (primary N) is 4. The third-order valence-corrected chi connectivity index (χ3v) is 19.0. The van der Waals surface area contributed by atoms with Gasteiger partial charge in [-0.3, -0.25) is 86.8 Å². The highest BCUT2D eigenvalue weighted by Crippen LogP contribution is 2.23. The number of nitrogens with one attached hydrogen (secondary N) is 11. The van der Waals surface area contributed by atoms with E-state index in [9.17, 15) is 83.4 Å². The number of carboxylic acid groups (broad SMARTS) is 2. The summed E-state index contributed by atoms with van der Waals surface area (Å²) in [5.41, 5.74) is 23.7. The molecule has 3 aromatic rings. The highest BCUT2D eigenvalue weighted by atomic mass is 16.4. The fourth-order valence-electron chi connectivity index (χ4n) is 12.6. The van der Waals surface area contributed by atoms with Crippen LogP contribution in [0, 0.1) is 17.8 Å². The highest BCUT2D eigenvalue weighted by molar-refractivity contribution is 6.06. The molecule has 0 unspecified atom stereocenters. The van der Waals surface area contributed by atoms with E-state index in [-0.39, 0.29) is 80.8 Å². The van der Waals surface area contributed by atoms with Crippen LogP contribution in [0.15, 0.2) is 70.8 Å². The molecule has 2 aromatic carbocycles. The Labute approximate surface area is 665 Å². The van der Waals surface area contributed by atoms with Crippen LogP contribution in [0.5, 0.6) is 0 Å². The Morgan fingerprint density at radius 2 is 1.00 bits per heavy atom. The van der Waals surface area contributed by atoms with Crippen LogP contribution in [0.3, 0.4) is 0 Å². The topological polar surface area (TPSA) is 649 Å². The molecule has 636 valence electrons. The minimum absolute atomic E-state index is 0.0507. The number of carbonyl (C=O) groups is 15. The smallest absolute Gasteiger partial charge is 0.303 e. The number of aliphatic carboxylic acids is 2. The number of rotatable bonds is 29. The van der Waals surface area contributed by atoms with E-state index in [1.54, 1.807) is 89.2 Å². The van der Waals surface area contributed by atoms with Crippen molar-refractivity contribution in [1.82, 2.24) is 68.0 Å². The number of aliphatic hydroxyl groups is 4. The van der Waals surface area contributed by atoms with Crippen LogP contribution >= 0.6 is 0 Å². The van der Waals surface area contributed by atoms with Crippen LogP contribution in [-0.4, -0.2) is 264 Å². The van der Waals surface area contributed by atoms with Crippen molar-refractivity contribution < 1.29 is 103 Å². The number of para-hydroxylation sites is 1. The number of benzene rings is 2. The highest BCUT2D eigenvalue weighted by Gasteiger charge is 2.46. The summed E-state index contributed by atoms with van der Waals surface area (Å²) in [6.45, 7) is 9.40. The van der Waals surface area contributed by atoms with Crippen molar-refractivity contribution in [3.63, 3.8) is 0 Å². The van der Waals surface area contributed by atoms with Gasteiger partial charge in [0.15, 0.2) is 11.9 Å². The Kier molecular flexibility index (Phi) is 39.5. The number of aliphatic imine (C=N–C) groups is 2. The Hall–Kier alpha value is -11.4. The van der Waals surface area contributed by atoms with Crippen LogP contribution in [0.25, 0.3) is 10.9 Å². The zero-order chi connectivity index (χ0) is 86.1. The lowest BCUT2D eigenvalue weighted by molar-refractivity contribution is -0.160. The van der Waals surface area contributed by atoms with Gasteiger partial charge in [-0.1, -0.05) is 96.5 Å². The molecule has 40 nitrogen and oxygen atoms in total. The molecule has 13 amide bonds. The second kappa shape index (κ2) is 47.3. The van der Waals surface area contributed by atoms with E-state index in [2.05, 4.69) is 68.1 Å². The first-order valence-electron chi connectivity index (χ1n) is 38.1. The van der Waals surface area contributed by atoms with E-state index in [0.29, 0.717) is 22.0 Å².